The van der Waals surface area contributed by atoms with Crippen molar-refractivity contribution in [1.29, 1.82) is 0 Å². The smallest absolute Gasteiger partial charge is 0.300 e. The second-order valence-corrected chi connectivity index (χ2v) is 9.07. The molecule has 0 aliphatic carbocycles. The van der Waals surface area contributed by atoms with Crippen molar-refractivity contribution in [2.24, 2.45) is 0 Å². The highest BCUT2D eigenvalue weighted by atomic mass is 16.3. The summed E-state index contributed by atoms with van der Waals surface area (Å²) in [5, 5.41) is 11.4. The van der Waals surface area contributed by atoms with Gasteiger partial charge >= 0.3 is 0 Å². The van der Waals surface area contributed by atoms with E-state index in [0.29, 0.717) is 11.3 Å². The average Bonchev–Trinajstić information content (AvgIpc) is 3.12. The Kier molecular flexibility index (Phi) is 6.79. The molecule has 1 amide bonds. The molecular weight excluding hydrogens is 436 g/mol. The Morgan fingerprint density at radius 1 is 0.857 bits per heavy atom. The summed E-state index contributed by atoms with van der Waals surface area (Å²) in [6.45, 7) is 11.9. The zero-order valence-electron chi connectivity index (χ0n) is 21.0. The van der Waals surface area contributed by atoms with Crippen molar-refractivity contribution in [2.45, 2.75) is 40.7 Å². The summed E-state index contributed by atoms with van der Waals surface area (Å²) in [5.74, 6) is -1.48. The summed E-state index contributed by atoms with van der Waals surface area (Å²) in [6, 6.07) is 20.2. The fourth-order valence-electron chi connectivity index (χ4n) is 4.62. The fourth-order valence-corrected chi connectivity index (χ4v) is 4.62. The van der Waals surface area contributed by atoms with E-state index in [-0.39, 0.29) is 11.3 Å². The van der Waals surface area contributed by atoms with E-state index in [1.54, 1.807) is 6.07 Å². The molecular formula is C30H32N2O3. The summed E-state index contributed by atoms with van der Waals surface area (Å²) >= 11 is 0. The molecule has 0 saturated carbocycles. The Morgan fingerprint density at radius 2 is 1.49 bits per heavy atom. The van der Waals surface area contributed by atoms with Crippen molar-refractivity contribution in [2.75, 3.05) is 22.9 Å². The number of hydrogen-bond acceptors (Lipinski definition) is 4. The van der Waals surface area contributed by atoms with Gasteiger partial charge in [0.05, 0.1) is 11.6 Å². The van der Waals surface area contributed by atoms with Crippen LogP contribution in [0, 0.1) is 20.8 Å². The van der Waals surface area contributed by atoms with Crippen molar-refractivity contribution >= 4 is 28.8 Å². The van der Waals surface area contributed by atoms with E-state index in [4.69, 9.17) is 0 Å². The van der Waals surface area contributed by atoms with Crippen molar-refractivity contribution < 1.29 is 14.7 Å². The van der Waals surface area contributed by atoms with Crippen molar-refractivity contribution in [1.82, 2.24) is 0 Å². The van der Waals surface area contributed by atoms with Crippen LogP contribution in [0.4, 0.5) is 11.4 Å². The summed E-state index contributed by atoms with van der Waals surface area (Å²) in [5.41, 5.74) is 6.24. The number of benzene rings is 3. The number of anilines is 2. The topological polar surface area (TPSA) is 60.9 Å². The first kappa shape index (κ1) is 24.3. The van der Waals surface area contributed by atoms with Crippen molar-refractivity contribution in [3.05, 3.63) is 100 Å². The molecule has 1 N–H and O–H groups in total. The highest BCUT2D eigenvalue weighted by Crippen LogP contribution is 2.42. The molecule has 5 heteroatoms. The number of carbonyl (C=O) groups is 2. The van der Waals surface area contributed by atoms with Crippen molar-refractivity contribution in [3.8, 4) is 0 Å². The van der Waals surface area contributed by atoms with E-state index < -0.39 is 17.7 Å². The van der Waals surface area contributed by atoms with Crippen LogP contribution < -0.4 is 9.80 Å². The maximum Gasteiger partial charge on any atom is 0.300 e. The number of aryl methyl sites for hydroxylation is 3. The number of aliphatic hydroxyl groups excluding tert-OH is 1. The molecule has 35 heavy (non-hydrogen) atoms. The molecule has 5 nitrogen and oxygen atoms in total. The third-order valence-electron chi connectivity index (χ3n) is 6.87. The number of hydrogen-bond donors (Lipinski definition) is 1. The minimum Gasteiger partial charge on any atom is -0.507 e. The highest BCUT2D eigenvalue weighted by molar-refractivity contribution is 6.51. The average molecular weight is 469 g/mol. The molecule has 4 rings (SSSR count). The molecule has 180 valence electrons. The zero-order valence-corrected chi connectivity index (χ0v) is 21.0. The minimum absolute atomic E-state index is 0.106. The Bertz CT molecular complexity index is 1290. The molecule has 1 fully saturated rings. The Labute approximate surface area is 207 Å². The van der Waals surface area contributed by atoms with Gasteiger partial charge in [0.1, 0.15) is 5.76 Å². The van der Waals surface area contributed by atoms with Crippen molar-refractivity contribution in [3.63, 3.8) is 0 Å². The Hall–Kier alpha value is -3.86. The predicted octanol–water partition coefficient (Wildman–Crippen LogP) is 6.08. The molecule has 3 aromatic carbocycles. The zero-order chi connectivity index (χ0) is 25.3. The SMILES string of the molecule is CCN(CC)c1ccc(C2/C(=C(/O)c3ccc(C)c(C)c3)C(=O)C(=O)N2c2ccc(C)cc2)cc1. The lowest BCUT2D eigenvalue weighted by Crippen LogP contribution is -2.29. The number of Topliss-reactive ketones (excluding diaryl/α,β-unsaturated/α-hetero) is 1. The maximum atomic E-state index is 13.4. The van der Waals surface area contributed by atoms with E-state index in [2.05, 4.69) is 18.7 Å². The van der Waals surface area contributed by atoms with Crippen LogP contribution >= 0.6 is 0 Å². The van der Waals surface area contributed by atoms with Gasteiger partial charge in [0.25, 0.3) is 11.7 Å². The highest BCUT2D eigenvalue weighted by Gasteiger charge is 2.47. The molecule has 3 aromatic rings. The van der Waals surface area contributed by atoms with E-state index >= 15 is 0 Å². The van der Waals surface area contributed by atoms with Gasteiger partial charge in [-0.25, -0.2) is 0 Å². The molecule has 1 unspecified atom stereocenters. The van der Waals surface area contributed by atoms with Gasteiger partial charge in [0.15, 0.2) is 0 Å². The standard InChI is InChI=1S/C30H32N2O3/c1-6-31(7-2)24-16-12-22(13-17-24)27-26(28(33)23-11-10-20(4)21(5)18-23)29(34)30(35)32(27)25-14-8-19(3)9-15-25/h8-18,27,33H,6-7H2,1-5H3/b28-26-. The normalized spacial score (nSPS) is 17.2. The summed E-state index contributed by atoms with van der Waals surface area (Å²) in [4.78, 5) is 30.4. The molecule has 0 radical (unpaired) electrons. The second kappa shape index (κ2) is 9.79. The minimum atomic E-state index is -0.731. The first-order valence-electron chi connectivity index (χ1n) is 12.1. The summed E-state index contributed by atoms with van der Waals surface area (Å²) in [7, 11) is 0. The number of rotatable bonds is 6. The van der Waals surface area contributed by atoms with E-state index in [9.17, 15) is 14.7 Å². The first-order chi connectivity index (χ1) is 16.8. The number of nitrogens with zero attached hydrogens (tertiary/aromatic N) is 2. The fraction of sp³-hybridized carbons (Fsp3) is 0.267. The van der Waals surface area contributed by atoms with Crippen LogP contribution in [-0.2, 0) is 9.59 Å². The number of aliphatic hydroxyl groups is 1. The third kappa shape index (κ3) is 4.46. The van der Waals surface area contributed by atoms with Crippen LogP contribution in [0.15, 0.2) is 72.3 Å². The van der Waals surface area contributed by atoms with Gasteiger partial charge in [-0.2, -0.15) is 0 Å². The van der Waals surface area contributed by atoms with Crippen LogP contribution in [0.3, 0.4) is 0 Å². The summed E-state index contributed by atoms with van der Waals surface area (Å²) in [6.07, 6.45) is 0. The Balaban J connectivity index is 1.90. The van der Waals surface area contributed by atoms with Gasteiger partial charge in [-0.1, -0.05) is 42.0 Å². The lowest BCUT2D eigenvalue weighted by atomic mass is 9.94. The molecule has 1 saturated heterocycles. The molecule has 0 aromatic heterocycles. The van der Waals surface area contributed by atoms with E-state index in [0.717, 1.165) is 41.0 Å². The number of amides is 1. The van der Waals surface area contributed by atoms with E-state index in [1.165, 1.54) is 4.90 Å². The molecule has 1 aliphatic rings. The predicted molar refractivity (Wildman–Crippen MR) is 142 cm³/mol. The van der Waals surface area contributed by atoms with Gasteiger partial charge in [-0.3, -0.25) is 14.5 Å². The van der Waals surface area contributed by atoms with Gasteiger partial charge in [-0.05, 0) is 81.6 Å². The van der Waals surface area contributed by atoms with Gasteiger partial charge < -0.3 is 10.0 Å². The van der Waals surface area contributed by atoms with Gasteiger partial charge in [-0.15, -0.1) is 0 Å². The van der Waals surface area contributed by atoms with Gasteiger partial charge in [0, 0.05) is 30.0 Å². The monoisotopic (exact) mass is 468 g/mol. The molecule has 1 heterocycles. The molecule has 1 atom stereocenters. The molecule has 0 spiro atoms. The van der Waals surface area contributed by atoms with Gasteiger partial charge in [0.2, 0.25) is 0 Å². The lowest BCUT2D eigenvalue weighted by molar-refractivity contribution is -0.132. The first-order valence-corrected chi connectivity index (χ1v) is 12.1. The lowest BCUT2D eigenvalue weighted by Gasteiger charge is -2.27. The summed E-state index contributed by atoms with van der Waals surface area (Å²) < 4.78 is 0. The Morgan fingerprint density at radius 3 is 2.06 bits per heavy atom. The van der Waals surface area contributed by atoms with Crippen LogP contribution in [0.1, 0.15) is 47.7 Å². The van der Waals surface area contributed by atoms with E-state index in [1.807, 2.05) is 81.4 Å². The number of ketones is 1. The van der Waals surface area contributed by atoms with Crippen LogP contribution in [-0.4, -0.2) is 29.9 Å². The van der Waals surface area contributed by atoms with Crippen LogP contribution in [0.2, 0.25) is 0 Å². The second-order valence-electron chi connectivity index (χ2n) is 9.07. The molecule has 0 bridgehead atoms. The number of carbonyl (C=O) groups excluding carboxylic acids is 2. The third-order valence-corrected chi connectivity index (χ3v) is 6.87. The van der Waals surface area contributed by atoms with Crippen LogP contribution in [0.5, 0.6) is 0 Å². The molecule has 1 aliphatic heterocycles. The quantitative estimate of drug-likeness (QED) is 0.270. The largest absolute Gasteiger partial charge is 0.507 e. The van der Waals surface area contributed by atoms with Crippen LogP contribution in [0.25, 0.3) is 5.76 Å². The maximum absolute atomic E-state index is 13.4.